The number of ether oxygens (including phenoxy) is 1. The Bertz CT molecular complexity index is 391. The van der Waals surface area contributed by atoms with E-state index in [1.54, 1.807) is 18.7 Å². The van der Waals surface area contributed by atoms with Crippen LogP contribution in [-0.2, 0) is 17.7 Å². The second-order valence-electron chi connectivity index (χ2n) is 4.42. The molecule has 6 heteroatoms. The predicted octanol–water partition coefficient (Wildman–Crippen LogP) is 2.02. The number of nitrogens with zero attached hydrogens (tertiary/aromatic N) is 3. The summed E-state index contributed by atoms with van der Waals surface area (Å²) in [5.74, 6) is 1.03. The molecule has 0 atom stereocenters. The smallest absolute Gasteiger partial charge is 0.360 e. The standard InChI is InChI=1S/C12H21N3O2S/c1-5-17-12(16)11-10(8-9(2)3)15(14-13-11)6-7-18-4/h9H,5-8H2,1-4H3. The monoisotopic (exact) mass is 271 g/mol. The van der Waals surface area contributed by atoms with Crippen LogP contribution < -0.4 is 0 Å². The molecule has 0 aliphatic rings. The molecule has 0 fully saturated rings. The Labute approximate surface area is 112 Å². The lowest BCUT2D eigenvalue weighted by atomic mass is 10.1. The largest absolute Gasteiger partial charge is 0.461 e. The normalized spacial score (nSPS) is 10.9. The van der Waals surface area contributed by atoms with Gasteiger partial charge in [-0.3, -0.25) is 0 Å². The number of rotatable bonds is 7. The van der Waals surface area contributed by atoms with E-state index in [2.05, 4.69) is 24.2 Å². The summed E-state index contributed by atoms with van der Waals surface area (Å²) in [4.78, 5) is 11.8. The molecule has 18 heavy (non-hydrogen) atoms. The molecule has 0 aliphatic heterocycles. The number of carbonyl (C=O) groups excluding carboxylic acids is 1. The third-order valence-electron chi connectivity index (χ3n) is 2.42. The van der Waals surface area contributed by atoms with Crippen molar-refractivity contribution < 1.29 is 9.53 Å². The van der Waals surface area contributed by atoms with E-state index in [0.29, 0.717) is 18.2 Å². The van der Waals surface area contributed by atoms with Crippen molar-refractivity contribution in [1.29, 1.82) is 0 Å². The number of esters is 1. The van der Waals surface area contributed by atoms with Crippen LogP contribution in [0, 0.1) is 5.92 Å². The molecule has 1 aromatic heterocycles. The molecular weight excluding hydrogens is 250 g/mol. The van der Waals surface area contributed by atoms with Gasteiger partial charge < -0.3 is 4.74 Å². The van der Waals surface area contributed by atoms with Crippen molar-refractivity contribution >= 4 is 17.7 Å². The summed E-state index contributed by atoms with van der Waals surface area (Å²) in [5, 5.41) is 8.03. The minimum atomic E-state index is -0.372. The van der Waals surface area contributed by atoms with E-state index in [4.69, 9.17) is 4.74 Å². The second-order valence-corrected chi connectivity index (χ2v) is 5.40. The minimum absolute atomic E-state index is 0.359. The van der Waals surface area contributed by atoms with Gasteiger partial charge in [-0.05, 0) is 25.5 Å². The summed E-state index contributed by atoms with van der Waals surface area (Å²) in [6, 6.07) is 0. The van der Waals surface area contributed by atoms with Crippen LogP contribution in [0.1, 0.15) is 37.0 Å². The van der Waals surface area contributed by atoms with Crippen LogP contribution in [0.25, 0.3) is 0 Å². The molecule has 0 aliphatic carbocycles. The van der Waals surface area contributed by atoms with Gasteiger partial charge in [-0.25, -0.2) is 9.48 Å². The van der Waals surface area contributed by atoms with Gasteiger partial charge in [0.2, 0.25) is 0 Å². The molecule has 0 bridgehead atoms. The van der Waals surface area contributed by atoms with Crippen molar-refractivity contribution in [3.05, 3.63) is 11.4 Å². The third kappa shape index (κ3) is 4.01. The molecule has 0 saturated carbocycles. The minimum Gasteiger partial charge on any atom is -0.461 e. The molecule has 0 unspecified atom stereocenters. The number of aryl methyl sites for hydroxylation is 1. The first kappa shape index (κ1) is 15.0. The quantitative estimate of drug-likeness (QED) is 0.710. The van der Waals surface area contributed by atoms with E-state index in [9.17, 15) is 4.79 Å². The van der Waals surface area contributed by atoms with Gasteiger partial charge >= 0.3 is 5.97 Å². The molecule has 0 amide bonds. The molecule has 0 saturated heterocycles. The lowest BCUT2D eigenvalue weighted by Gasteiger charge is -2.09. The van der Waals surface area contributed by atoms with Gasteiger partial charge in [-0.1, -0.05) is 19.1 Å². The molecule has 0 N–H and O–H groups in total. The maximum Gasteiger partial charge on any atom is 0.360 e. The highest BCUT2D eigenvalue weighted by Gasteiger charge is 2.21. The van der Waals surface area contributed by atoms with Gasteiger partial charge in [-0.15, -0.1) is 5.10 Å². The van der Waals surface area contributed by atoms with Crippen LogP contribution in [-0.4, -0.2) is 39.6 Å². The molecule has 0 radical (unpaired) electrons. The zero-order valence-corrected chi connectivity index (χ0v) is 12.3. The molecule has 0 aromatic carbocycles. The van der Waals surface area contributed by atoms with Crippen LogP contribution in [0.2, 0.25) is 0 Å². The third-order valence-corrected chi connectivity index (χ3v) is 3.01. The van der Waals surface area contributed by atoms with Crippen molar-refractivity contribution in [1.82, 2.24) is 15.0 Å². The molecule has 5 nitrogen and oxygen atoms in total. The number of carbonyl (C=O) groups is 1. The van der Waals surface area contributed by atoms with Crippen molar-refractivity contribution in [2.45, 2.75) is 33.7 Å². The summed E-state index contributed by atoms with van der Waals surface area (Å²) in [6.45, 7) is 7.15. The Kier molecular flexibility index (Phi) is 6.18. The summed E-state index contributed by atoms with van der Waals surface area (Å²) in [6.07, 6.45) is 2.83. The Balaban J connectivity index is 2.94. The molecule has 0 spiro atoms. The Morgan fingerprint density at radius 1 is 1.50 bits per heavy atom. The Morgan fingerprint density at radius 2 is 2.22 bits per heavy atom. The first-order valence-electron chi connectivity index (χ1n) is 6.18. The Morgan fingerprint density at radius 3 is 2.78 bits per heavy atom. The van der Waals surface area contributed by atoms with E-state index in [0.717, 1.165) is 24.4 Å². The van der Waals surface area contributed by atoms with E-state index >= 15 is 0 Å². The highest BCUT2D eigenvalue weighted by molar-refractivity contribution is 7.98. The van der Waals surface area contributed by atoms with Gasteiger partial charge in [0.05, 0.1) is 18.8 Å². The van der Waals surface area contributed by atoms with Crippen LogP contribution in [0.4, 0.5) is 0 Å². The van der Waals surface area contributed by atoms with Gasteiger partial charge in [0.25, 0.3) is 0 Å². The van der Waals surface area contributed by atoms with Crippen LogP contribution >= 0.6 is 11.8 Å². The van der Waals surface area contributed by atoms with E-state index in [1.165, 1.54) is 0 Å². The summed E-state index contributed by atoms with van der Waals surface area (Å²) in [7, 11) is 0. The number of hydrogen-bond donors (Lipinski definition) is 0. The van der Waals surface area contributed by atoms with Gasteiger partial charge in [-0.2, -0.15) is 11.8 Å². The molecule has 1 heterocycles. The average molecular weight is 271 g/mol. The van der Waals surface area contributed by atoms with Gasteiger partial charge in [0.1, 0.15) is 0 Å². The fourth-order valence-electron chi connectivity index (χ4n) is 1.64. The van der Waals surface area contributed by atoms with Gasteiger partial charge in [0, 0.05) is 5.75 Å². The number of aromatic nitrogens is 3. The zero-order valence-electron chi connectivity index (χ0n) is 11.5. The first-order valence-corrected chi connectivity index (χ1v) is 7.57. The summed E-state index contributed by atoms with van der Waals surface area (Å²) in [5.41, 5.74) is 1.25. The average Bonchev–Trinajstić information content (AvgIpc) is 2.69. The Hall–Kier alpha value is -1.04. The fourth-order valence-corrected chi connectivity index (χ4v) is 1.99. The molecule has 102 valence electrons. The highest BCUT2D eigenvalue weighted by atomic mass is 32.2. The van der Waals surface area contributed by atoms with E-state index in [-0.39, 0.29) is 5.97 Å². The maximum atomic E-state index is 11.8. The summed E-state index contributed by atoms with van der Waals surface area (Å²) >= 11 is 1.75. The van der Waals surface area contributed by atoms with Crippen molar-refractivity contribution in [3.8, 4) is 0 Å². The van der Waals surface area contributed by atoms with Crippen molar-refractivity contribution in [3.63, 3.8) is 0 Å². The molecule has 1 rings (SSSR count). The molecule has 1 aromatic rings. The lowest BCUT2D eigenvalue weighted by molar-refractivity contribution is 0.0518. The lowest BCUT2D eigenvalue weighted by Crippen LogP contribution is -2.14. The van der Waals surface area contributed by atoms with E-state index < -0.39 is 0 Å². The highest BCUT2D eigenvalue weighted by Crippen LogP contribution is 2.13. The fraction of sp³-hybridized carbons (Fsp3) is 0.750. The SMILES string of the molecule is CCOC(=O)c1nnn(CCSC)c1CC(C)C. The predicted molar refractivity (Wildman–Crippen MR) is 72.9 cm³/mol. The van der Waals surface area contributed by atoms with Crippen LogP contribution in [0.15, 0.2) is 0 Å². The van der Waals surface area contributed by atoms with Gasteiger partial charge in [0.15, 0.2) is 5.69 Å². The van der Waals surface area contributed by atoms with Crippen LogP contribution in [0.3, 0.4) is 0 Å². The topological polar surface area (TPSA) is 57.0 Å². The maximum absolute atomic E-state index is 11.8. The summed E-state index contributed by atoms with van der Waals surface area (Å²) < 4.78 is 6.83. The zero-order chi connectivity index (χ0) is 13.5. The number of hydrogen-bond acceptors (Lipinski definition) is 5. The van der Waals surface area contributed by atoms with Crippen LogP contribution in [0.5, 0.6) is 0 Å². The molecular formula is C12H21N3O2S. The van der Waals surface area contributed by atoms with E-state index in [1.807, 2.05) is 10.9 Å². The number of thioether (sulfide) groups is 1. The first-order chi connectivity index (χ1) is 8.60. The second kappa shape index (κ2) is 7.41. The van der Waals surface area contributed by atoms with Crippen molar-refractivity contribution in [2.24, 2.45) is 5.92 Å². The van der Waals surface area contributed by atoms with Crippen molar-refractivity contribution in [2.75, 3.05) is 18.6 Å².